The molecule has 0 unspecified atom stereocenters. The molecule has 0 saturated heterocycles. The lowest BCUT2D eigenvalue weighted by Crippen LogP contribution is -2.27. The van der Waals surface area contributed by atoms with Crippen LogP contribution in [0, 0.1) is 5.41 Å². The van der Waals surface area contributed by atoms with Crippen molar-refractivity contribution in [2.75, 3.05) is 6.54 Å². The maximum absolute atomic E-state index is 5.82. The van der Waals surface area contributed by atoms with Crippen molar-refractivity contribution in [1.29, 1.82) is 0 Å². The first-order valence-electron chi connectivity index (χ1n) is 6.03. The number of nitrogens with two attached hydrogens (primary N) is 1. The van der Waals surface area contributed by atoms with Gasteiger partial charge in [0.1, 0.15) is 0 Å². The van der Waals surface area contributed by atoms with Gasteiger partial charge in [-0.3, -0.25) is 0 Å². The molecule has 2 nitrogen and oxygen atoms in total. The van der Waals surface area contributed by atoms with Gasteiger partial charge in [0.2, 0.25) is 0 Å². The second-order valence-corrected chi connectivity index (χ2v) is 7.40. The normalized spacial score (nSPS) is 19.6. The van der Waals surface area contributed by atoms with Gasteiger partial charge in [0.25, 0.3) is 0 Å². The van der Waals surface area contributed by atoms with Crippen LogP contribution in [0.25, 0.3) is 0 Å². The van der Waals surface area contributed by atoms with Crippen LogP contribution in [0.15, 0.2) is 0 Å². The average Bonchev–Trinajstić information content (AvgIpc) is 2.59. The highest BCUT2D eigenvalue weighted by Crippen LogP contribution is 2.39. The maximum Gasteiger partial charge on any atom is 0.1000 e. The first-order valence-corrected chi connectivity index (χ1v) is 6.85. The Morgan fingerprint density at radius 2 is 2.12 bits per heavy atom. The number of rotatable bonds is 2. The Morgan fingerprint density at radius 3 is 2.75 bits per heavy atom. The van der Waals surface area contributed by atoms with E-state index in [9.17, 15) is 0 Å². The molecule has 0 atom stereocenters. The lowest BCUT2D eigenvalue weighted by atomic mass is 9.79. The first kappa shape index (κ1) is 12.1. The van der Waals surface area contributed by atoms with E-state index in [-0.39, 0.29) is 5.41 Å². The third-order valence-electron chi connectivity index (χ3n) is 3.55. The highest BCUT2D eigenvalue weighted by atomic mass is 32.1. The number of hydrogen-bond acceptors (Lipinski definition) is 3. The predicted molar refractivity (Wildman–Crippen MR) is 70.0 cm³/mol. The van der Waals surface area contributed by atoms with Gasteiger partial charge in [-0.25, -0.2) is 4.98 Å². The van der Waals surface area contributed by atoms with E-state index in [1.807, 2.05) is 11.3 Å². The van der Waals surface area contributed by atoms with E-state index in [0.717, 1.165) is 6.42 Å². The summed E-state index contributed by atoms with van der Waals surface area (Å²) in [5.74, 6) is 0. The zero-order valence-electron chi connectivity index (χ0n) is 10.8. The van der Waals surface area contributed by atoms with Gasteiger partial charge in [-0.2, -0.15) is 0 Å². The maximum atomic E-state index is 5.82. The molecule has 1 heterocycles. The SMILES string of the molecule is CC1(C)CCc2nc(C(C)(C)CN)sc2C1. The van der Waals surface area contributed by atoms with Crippen LogP contribution >= 0.6 is 11.3 Å². The topological polar surface area (TPSA) is 38.9 Å². The largest absolute Gasteiger partial charge is 0.330 e. The summed E-state index contributed by atoms with van der Waals surface area (Å²) in [6, 6.07) is 0. The average molecular weight is 238 g/mol. The van der Waals surface area contributed by atoms with Crippen molar-refractivity contribution in [2.24, 2.45) is 11.1 Å². The van der Waals surface area contributed by atoms with Crippen molar-refractivity contribution in [3.05, 3.63) is 15.6 Å². The van der Waals surface area contributed by atoms with Crippen molar-refractivity contribution >= 4 is 11.3 Å². The summed E-state index contributed by atoms with van der Waals surface area (Å²) in [5, 5.41) is 1.22. The van der Waals surface area contributed by atoms with E-state index in [2.05, 4.69) is 27.7 Å². The van der Waals surface area contributed by atoms with Crippen LogP contribution < -0.4 is 5.73 Å². The van der Waals surface area contributed by atoms with E-state index in [1.165, 1.54) is 28.4 Å². The molecule has 0 radical (unpaired) electrons. The lowest BCUT2D eigenvalue weighted by molar-refractivity contribution is 0.316. The highest BCUT2D eigenvalue weighted by molar-refractivity contribution is 7.11. The summed E-state index contributed by atoms with van der Waals surface area (Å²) in [6.45, 7) is 9.74. The molecule has 0 bridgehead atoms. The smallest absolute Gasteiger partial charge is 0.1000 e. The molecule has 1 aromatic rings. The molecule has 0 saturated carbocycles. The van der Waals surface area contributed by atoms with E-state index in [0.29, 0.717) is 12.0 Å². The molecule has 1 aliphatic rings. The summed E-state index contributed by atoms with van der Waals surface area (Å²) in [6.07, 6.45) is 3.58. The summed E-state index contributed by atoms with van der Waals surface area (Å²) >= 11 is 1.88. The first-order chi connectivity index (χ1) is 7.34. The van der Waals surface area contributed by atoms with Gasteiger partial charge < -0.3 is 5.73 Å². The molecule has 0 amide bonds. The molecular weight excluding hydrogens is 216 g/mol. The van der Waals surface area contributed by atoms with E-state index in [4.69, 9.17) is 10.7 Å². The second kappa shape index (κ2) is 3.81. The third-order valence-corrected chi connectivity index (χ3v) is 5.01. The molecule has 0 aliphatic heterocycles. The molecule has 0 spiro atoms. The van der Waals surface area contributed by atoms with Crippen LogP contribution in [-0.2, 0) is 18.3 Å². The molecular formula is C13H22N2S. The Bertz CT molecular complexity index is 391. The number of nitrogens with zero attached hydrogens (tertiary/aromatic N) is 1. The monoisotopic (exact) mass is 238 g/mol. The van der Waals surface area contributed by atoms with Gasteiger partial charge in [0.15, 0.2) is 0 Å². The predicted octanol–water partition coefficient (Wildman–Crippen LogP) is 2.89. The van der Waals surface area contributed by atoms with E-state index in [1.54, 1.807) is 0 Å². The fourth-order valence-electron chi connectivity index (χ4n) is 2.07. The van der Waals surface area contributed by atoms with Gasteiger partial charge >= 0.3 is 0 Å². The van der Waals surface area contributed by atoms with Crippen molar-refractivity contribution in [3.8, 4) is 0 Å². The van der Waals surface area contributed by atoms with Gasteiger partial charge in [0.05, 0.1) is 10.7 Å². The Morgan fingerprint density at radius 1 is 1.44 bits per heavy atom. The summed E-state index contributed by atoms with van der Waals surface area (Å²) in [7, 11) is 0. The van der Waals surface area contributed by atoms with E-state index >= 15 is 0 Å². The minimum absolute atomic E-state index is 0.0339. The summed E-state index contributed by atoms with van der Waals surface area (Å²) < 4.78 is 0. The molecule has 1 aromatic heterocycles. The second-order valence-electron chi connectivity index (χ2n) is 6.32. The Kier molecular flexibility index (Phi) is 2.87. The van der Waals surface area contributed by atoms with Crippen molar-refractivity contribution in [3.63, 3.8) is 0 Å². The molecule has 1 aliphatic carbocycles. The fourth-order valence-corrected chi connectivity index (χ4v) is 3.55. The Hall–Kier alpha value is -0.410. The van der Waals surface area contributed by atoms with Crippen LogP contribution in [0.4, 0.5) is 0 Å². The number of aryl methyl sites for hydroxylation is 1. The molecule has 3 heteroatoms. The molecule has 0 fully saturated rings. The molecule has 16 heavy (non-hydrogen) atoms. The van der Waals surface area contributed by atoms with Crippen LogP contribution in [0.5, 0.6) is 0 Å². The minimum Gasteiger partial charge on any atom is -0.330 e. The van der Waals surface area contributed by atoms with Gasteiger partial charge in [-0.05, 0) is 24.7 Å². The van der Waals surface area contributed by atoms with Crippen LogP contribution in [0.2, 0.25) is 0 Å². The lowest BCUT2D eigenvalue weighted by Gasteiger charge is -2.28. The van der Waals surface area contributed by atoms with Crippen LogP contribution in [-0.4, -0.2) is 11.5 Å². The van der Waals surface area contributed by atoms with Crippen molar-refractivity contribution < 1.29 is 0 Å². The molecule has 2 N–H and O–H groups in total. The summed E-state index contributed by atoms with van der Waals surface area (Å²) in [5.41, 5.74) is 7.63. The van der Waals surface area contributed by atoms with Gasteiger partial charge in [-0.1, -0.05) is 27.7 Å². The van der Waals surface area contributed by atoms with Gasteiger partial charge in [-0.15, -0.1) is 11.3 Å². The number of hydrogen-bond donors (Lipinski definition) is 1. The zero-order chi connectivity index (χ0) is 12.0. The van der Waals surface area contributed by atoms with E-state index < -0.39 is 0 Å². The zero-order valence-corrected chi connectivity index (χ0v) is 11.6. The number of thiazole rings is 1. The van der Waals surface area contributed by atoms with Crippen molar-refractivity contribution in [1.82, 2.24) is 4.98 Å². The molecule has 90 valence electrons. The minimum atomic E-state index is 0.0339. The summed E-state index contributed by atoms with van der Waals surface area (Å²) in [4.78, 5) is 6.29. The van der Waals surface area contributed by atoms with Crippen LogP contribution in [0.3, 0.4) is 0 Å². The highest BCUT2D eigenvalue weighted by Gasteiger charge is 2.31. The Labute approximate surface area is 102 Å². The number of fused-ring (bicyclic) bond motifs is 1. The van der Waals surface area contributed by atoms with Gasteiger partial charge in [0, 0.05) is 16.8 Å². The Balaban J connectivity index is 2.32. The molecule has 0 aromatic carbocycles. The standard InChI is InChI=1S/C13H22N2S/c1-12(2)6-5-9-10(7-12)16-11(15-9)13(3,4)8-14/h5-8,14H2,1-4H3. The number of aromatic nitrogens is 1. The quantitative estimate of drug-likeness (QED) is 0.860. The van der Waals surface area contributed by atoms with Crippen LogP contribution in [0.1, 0.15) is 49.7 Å². The van der Waals surface area contributed by atoms with Crippen molar-refractivity contribution in [2.45, 2.75) is 52.4 Å². The third kappa shape index (κ3) is 2.16. The molecule has 2 rings (SSSR count). The fraction of sp³-hybridized carbons (Fsp3) is 0.769.